The van der Waals surface area contributed by atoms with E-state index in [2.05, 4.69) is 31.3 Å². The maximum Gasteiger partial charge on any atom is 0.0342 e. The zero-order valence-electron chi connectivity index (χ0n) is 8.55. The second-order valence-corrected chi connectivity index (χ2v) is 4.22. The zero-order chi connectivity index (χ0) is 10.5. The number of nitrogens with zero attached hydrogens (tertiary/aromatic N) is 3. The average molecular weight is 416 g/mol. The Morgan fingerprint density at radius 3 is 3.06 bits per heavy atom. The zero-order valence-corrected chi connectivity index (χ0v) is 11.8. The summed E-state index contributed by atoms with van der Waals surface area (Å²) in [5.74, 6) is 0. The first-order chi connectivity index (χ1) is 7.95. The normalized spacial score (nSPS) is 11.1. The minimum Gasteiger partial charge on any atom is -0.354 e. The van der Waals surface area contributed by atoms with E-state index in [1.54, 1.807) is 0 Å². The Bertz CT molecular complexity index is 749. The van der Waals surface area contributed by atoms with Crippen molar-refractivity contribution in [3.8, 4) is 0 Å². The Hall–Kier alpha value is -1.29. The third kappa shape index (κ3) is 1.37. The third-order valence-corrected chi connectivity index (χ3v) is 3.37. The molecule has 3 nitrogen and oxygen atoms in total. The molecule has 0 saturated heterocycles. The van der Waals surface area contributed by atoms with Gasteiger partial charge in [0.15, 0.2) is 0 Å². The number of imidazole rings is 1. The average Bonchev–Trinajstić information content (AvgIpc) is 2.98. The Balaban J connectivity index is 0.000000902. The Morgan fingerprint density at radius 1 is 1.24 bits per heavy atom. The van der Waals surface area contributed by atoms with E-state index >= 15 is 0 Å². The molecule has 0 aliphatic heterocycles. The first-order valence-corrected chi connectivity index (χ1v) is 5.73. The van der Waals surface area contributed by atoms with Crippen LogP contribution in [0.5, 0.6) is 0 Å². The third-order valence-electron chi connectivity index (χ3n) is 2.80. The van der Waals surface area contributed by atoms with Crippen LogP contribution < -0.4 is 0 Å². The number of para-hydroxylation sites is 1. The molecule has 0 N–H and O–H groups in total. The summed E-state index contributed by atoms with van der Waals surface area (Å²) in [6, 6.07) is 8.24. The summed E-state index contributed by atoms with van der Waals surface area (Å²) in [5.41, 5.74) is 3.07. The Labute approximate surface area is 115 Å². The summed E-state index contributed by atoms with van der Waals surface area (Å²) < 4.78 is 6.50. The van der Waals surface area contributed by atoms with Gasteiger partial charge in [-0.25, -0.2) is 0 Å². The van der Waals surface area contributed by atoms with Gasteiger partial charge in [-0.05, 0) is 17.0 Å². The first kappa shape index (κ1) is 10.8. The summed E-state index contributed by atoms with van der Waals surface area (Å²) in [6.07, 6.45) is 3.79. The van der Waals surface area contributed by atoms with Crippen LogP contribution in [0.3, 0.4) is 0 Å². The molecular weight excluding hydrogens is 410 g/mol. The van der Waals surface area contributed by atoms with Crippen LogP contribution in [-0.2, 0) is 20.1 Å². The minimum absolute atomic E-state index is 0. The molecule has 0 spiro atoms. The van der Waals surface area contributed by atoms with Gasteiger partial charge in [0.1, 0.15) is 0 Å². The molecule has 0 saturated carbocycles. The monoisotopic (exact) mass is 417 g/mol. The second-order valence-electron chi connectivity index (χ2n) is 3.65. The minimum atomic E-state index is 0. The number of hydrogen-bond donors (Lipinski definition) is 0. The van der Waals surface area contributed by atoms with Gasteiger partial charge in [0.25, 0.3) is 0 Å². The molecule has 0 aliphatic rings. The largest absolute Gasteiger partial charge is 0.354 e. The molecule has 0 aliphatic carbocycles. The van der Waals surface area contributed by atoms with E-state index in [0.717, 1.165) is 27.5 Å². The molecule has 0 atom stereocenters. The van der Waals surface area contributed by atoms with Crippen LogP contribution in [0.2, 0.25) is 0 Å². The molecule has 3 aromatic heterocycles. The van der Waals surface area contributed by atoms with Crippen molar-refractivity contribution in [1.82, 2.24) is 13.8 Å². The summed E-state index contributed by atoms with van der Waals surface area (Å²) in [4.78, 5) is 4.37. The molecule has 85 valence electrons. The summed E-state index contributed by atoms with van der Waals surface area (Å²) in [6.45, 7) is 0. The fourth-order valence-electron chi connectivity index (χ4n) is 2.11. The predicted molar refractivity (Wildman–Crippen MR) is 64.7 cm³/mol. The van der Waals surface area contributed by atoms with E-state index in [-0.39, 0.29) is 20.1 Å². The van der Waals surface area contributed by atoms with Crippen molar-refractivity contribution in [3.63, 3.8) is 0 Å². The van der Waals surface area contributed by atoms with E-state index < -0.39 is 0 Å². The molecule has 0 amide bonds. The Kier molecular flexibility index (Phi) is 2.47. The van der Waals surface area contributed by atoms with Gasteiger partial charge in [-0.1, -0.05) is 23.6 Å². The molecule has 17 heavy (non-hydrogen) atoms. The van der Waals surface area contributed by atoms with Gasteiger partial charge in [0.2, 0.25) is 0 Å². The summed E-state index contributed by atoms with van der Waals surface area (Å²) >= 11 is 1.36. The molecular formula is C12H6IrN3S-. The maximum atomic E-state index is 4.41. The molecule has 3 heterocycles. The van der Waals surface area contributed by atoms with Crippen LogP contribution in [0, 0.1) is 5.38 Å². The molecule has 1 radical (unpaired) electrons. The van der Waals surface area contributed by atoms with Gasteiger partial charge in [0.05, 0.1) is 0 Å². The number of benzene rings is 1. The molecule has 0 bridgehead atoms. The quantitative estimate of drug-likeness (QED) is 0.413. The standard InChI is InChI=1S/C12H6N3S.Ir/c1-2-4-10-8(3-1)11-9(7-16-14-11)12-13-5-6-15(10)12;/h1-6H;/q-1;. The van der Waals surface area contributed by atoms with Gasteiger partial charge in [-0.3, -0.25) is 4.37 Å². The number of pyridine rings is 1. The van der Waals surface area contributed by atoms with E-state index in [1.165, 1.54) is 11.5 Å². The van der Waals surface area contributed by atoms with Crippen LogP contribution in [0.25, 0.3) is 27.5 Å². The van der Waals surface area contributed by atoms with Crippen molar-refractivity contribution in [3.05, 3.63) is 42.0 Å². The smallest absolute Gasteiger partial charge is 0.0342 e. The van der Waals surface area contributed by atoms with E-state index in [0.29, 0.717) is 0 Å². The molecule has 0 unspecified atom stereocenters. The van der Waals surface area contributed by atoms with Crippen LogP contribution in [0.1, 0.15) is 0 Å². The molecule has 0 fully saturated rings. The van der Waals surface area contributed by atoms with E-state index in [9.17, 15) is 0 Å². The van der Waals surface area contributed by atoms with Crippen molar-refractivity contribution >= 4 is 39.0 Å². The van der Waals surface area contributed by atoms with Crippen molar-refractivity contribution in [2.75, 3.05) is 0 Å². The second kappa shape index (κ2) is 3.88. The number of fused-ring (bicyclic) bond motifs is 6. The number of aromatic nitrogens is 3. The molecule has 4 rings (SSSR count). The molecule has 1 aromatic carbocycles. The maximum absolute atomic E-state index is 4.41. The summed E-state index contributed by atoms with van der Waals surface area (Å²) in [7, 11) is 0. The predicted octanol–water partition coefficient (Wildman–Crippen LogP) is 2.89. The van der Waals surface area contributed by atoms with Gasteiger partial charge in [0, 0.05) is 43.7 Å². The van der Waals surface area contributed by atoms with Crippen molar-refractivity contribution in [1.29, 1.82) is 0 Å². The van der Waals surface area contributed by atoms with E-state index in [4.69, 9.17) is 0 Å². The first-order valence-electron chi connectivity index (χ1n) is 4.96. The van der Waals surface area contributed by atoms with Gasteiger partial charge in [-0.15, -0.1) is 16.9 Å². The van der Waals surface area contributed by atoms with Crippen LogP contribution in [0.4, 0.5) is 0 Å². The van der Waals surface area contributed by atoms with Crippen LogP contribution >= 0.6 is 11.5 Å². The van der Waals surface area contributed by atoms with Crippen molar-refractivity contribution in [2.45, 2.75) is 0 Å². The van der Waals surface area contributed by atoms with Gasteiger partial charge >= 0.3 is 0 Å². The van der Waals surface area contributed by atoms with Gasteiger partial charge in [-0.2, -0.15) is 0 Å². The van der Waals surface area contributed by atoms with Gasteiger partial charge < -0.3 is 9.38 Å². The fourth-order valence-corrected chi connectivity index (χ4v) is 2.72. The van der Waals surface area contributed by atoms with Crippen molar-refractivity contribution in [2.24, 2.45) is 0 Å². The topological polar surface area (TPSA) is 30.2 Å². The number of hydrogen-bond acceptors (Lipinski definition) is 3. The van der Waals surface area contributed by atoms with Crippen molar-refractivity contribution < 1.29 is 20.1 Å². The summed E-state index contributed by atoms with van der Waals surface area (Å²) in [5, 5.41) is 5.35. The van der Waals surface area contributed by atoms with E-state index in [1.807, 2.05) is 24.5 Å². The fraction of sp³-hybridized carbons (Fsp3) is 0. The van der Waals surface area contributed by atoms with Crippen LogP contribution in [-0.4, -0.2) is 13.8 Å². The van der Waals surface area contributed by atoms with Crippen LogP contribution in [0.15, 0.2) is 36.7 Å². The Morgan fingerprint density at radius 2 is 2.12 bits per heavy atom. The number of rotatable bonds is 0. The SMILES string of the molecule is [Ir].[c-]1snc2c1c1nccn1c1ccccc21. The molecule has 4 aromatic rings. The molecule has 5 heteroatoms.